The average molecular weight is 316 g/mol. The van der Waals surface area contributed by atoms with Gasteiger partial charge in [-0.25, -0.2) is 4.39 Å². The number of carbonyl (C=O) groups is 1. The number of nitrogens with one attached hydrogen (secondary N) is 1. The second-order valence-corrected chi connectivity index (χ2v) is 7.53. The molecule has 1 aromatic rings. The zero-order valence-corrected chi connectivity index (χ0v) is 13.5. The molecule has 3 aliphatic rings. The Kier molecular flexibility index (Phi) is 4.00. The van der Waals surface area contributed by atoms with Crippen LogP contribution in [0.3, 0.4) is 0 Å². The normalized spacial score (nSPS) is 30.7. The van der Waals surface area contributed by atoms with Crippen LogP contribution in [0.2, 0.25) is 0 Å². The minimum atomic E-state index is -0.207. The van der Waals surface area contributed by atoms with E-state index in [-0.39, 0.29) is 5.82 Å². The van der Waals surface area contributed by atoms with Crippen molar-refractivity contribution in [1.29, 1.82) is 0 Å². The molecular weight excluding hydrogens is 291 g/mol. The average Bonchev–Trinajstić information content (AvgIpc) is 3.20. The summed E-state index contributed by atoms with van der Waals surface area (Å²) in [5.41, 5.74) is 0.962. The summed E-state index contributed by atoms with van der Waals surface area (Å²) in [6, 6.07) is 6.90. The number of rotatable bonds is 3. The Hall–Kier alpha value is -1.58. The second kappa shape index (κ2) is 6.14. The first kappa shape index (κ1) is 15.0. The van der Waals surface area contributed by atoms with Crippen LogP contribution in [-0.2, 0) is 4.79 Å². The van der Waals surface area contributed by atoms with E-state index >= 15 is 0 Å². The molecule has 0 unspecified atom stereocenters. The Morgan fingerprint density at radius 1 is 1.04 bits per heavy atom. The van der Waals surface area contributed by atoms with Crippen LogP contribution in [0.5, 0.6) is 0 Å². The van der Waals surface area contributed by atoms with Gasteiger partial charge < -0.3 is 10.2 Å². The second-order valence-electron chi connectivity index (χ2n) is 7.53. The number of hydrogen-bond donors (Lipinski definition) is 1. The summed E-state index contributed by atoms with van der Waals surface area (Å²) in [6.45, 7) is 1.71. The van der Waals surface area contributed by atoms with Crippen molar-refractivity contribution in [2.24, 2.45) is 17.8 Å². The van der Waals surface area contributed by atoms with Crippen molar-refractivity contribution in [2.75, 3.05) is 18.4 Å². The van der Waals surface area contributed by atoms with Gasteiger partial charge >= 0.3 is 0 Å². The highest BCUT2D eigenvalue weighted by atomic mass is 19.1. The fourth-order valence-corrected chi connectivity index (χ4v) is 4.81. The summed E-state index contributed by atoms with van der Waals surface area (Å²) in [4.78, 5) is 14.8. The summed E-state index contributed by atoms with van der Waals surface area (Å²) < 4.78 is 12.9. The first-order valence-electron chi connectivity index (χ1n) is 9.00. The third kappa shape index (κ3) is 3.08. The molecule has 3 fully saturated rings. The van der Waals surface area contributed by atoms with Crippen LogP contribution >= 0.6 is 0 Å². The van der Waals surface area contributed by atoms with E-state index in [4.69, 9.17) is 0 Å². The summed E-state index contributed by atoms with van der Waals surface area (Å²) >= 11 is 0. The third-order valence-corrected chi connectivity index (χ3v) is 6.08. The van der Waals surface area contributed by atoms with Gasteiger partial charge in [-0.05, 0) is 68.2 Å². The monoisotopic (exact) mass is 316 g/mol. The first-order chi connectivity index (χ1) is 11.2. The lowest BCUT2D eigenvalue weighted by atomic mass is 9.87. The Morgan fingerprint density at radius 2 is 1.78 bits per heavy atom. The van der Waals surface area contributed by atoms with Crippen LogP contribution in [0.25, 0.3) is 0 Å². The van der Waals surface area contributed by atoms with E-state index in [9.17, 15) is 9.18 Å². The molecule has 2 saturated carbocycles. The summed E-state index contributed by atoms with van der Waals surface area (Å²) in [5.74, 6) is 2.02. The molecule has 0 spiro atoms. The lowest BCUT2D eigenvalue weighted by Gasteiger charge is -2.36. The van der Waals surface area contributed by atoms with E-state index in [0.29, 0.717) is 23.8 Å². The van der Waals surface area contributed by atoms with Crippen molar-refractivity contribution < 1.29 is 9.18 Å². The SMILES string of the molecule is O=C([C@@H]1C[C@H]2CC[C@H]1C2)N1CCC(Nc2ccc(F)cc2)CC1. The van der Waals surface area contributed by atoms with Crippen molar-refractivity contribution in [3.05, 3.63) is 30.1 Å². The highest BCUT2D eigenvalue weighted by Crippen LogP contribution is 2.49. The number of benzene rings is 1. The predicted octanol–water partition coefficient (Wildman–Crippen LogP) is 3.66. The molecule has 124 valence electrons. The van der Waals surface area contributed by atoms with E-state index in [0.717, 1.165) is 44.0 Å². The molecule has 0 radical (unpaired) electrons. The molecular formula is C19H25FN2O. The molecule has 1 aliphatic heterocycles. The molecule has 1 aromatic carbocycles. The van der Waals surface area contributed by atoms with Gasteiger partial charge in [0.1, 0.15) is 5.82 Å². The standard InChI is InChI=1S/C19H25FN2O/c20-15-3-5-16(6-4-15)21-17-7-9-22(10-8-17)19(23)18-12-13-1-2-14(18)11-13/h3-6,13-14,17-18,21H,1-2,7-12H2/t13-,14-,18+/m0/s1. The van der Waals surface area contributed by atoms with Gasteiger partial charge in [-0.1, -0.05) is 6.42 Å². The molecule has 4 rings (SSSR count). The Labute approximate surface area is 137 Å². The van der Waals surface area contributed by atoms with Crippen LogP contribution in [0.1, 0.15) is 38.5 Å². The summed E-state index contributed by atoms with van der Waals surface area (Å²) in [6.07, 6.45) is 6.99. The number of amides is 1. The summed E-state index contributed by atoms with van der Waals surface area (Å²) in [5, 5.41) is 3.46. The largest absolute Gasteiger partial charge is 0.382 e. The van der Waals surface area contributed by atoms with E-state index < -0.39 is 0 Å². The Balaban J connectivity index is 1.29. The molecule has 0 aromatic heterocycles. The highest BCUT2D eigenvalue weighted by molar-refractivity contribution is 5.79. The van der Waals surface area contributed by atoms with Crippen LogP contribution in [0.4, 0.5) is 10.1 Å². The molecule has 1 N–H and O–H groups in total. The third-order valence-electron chi connectivity index (χ3n) is 6.08. The van der Waals surface area contributed by atoms with Crippen LogP contribution in [0, 0.1) is 23.6 Å². The zero-order chi connectivity index (χ0) is 15.8. The topological polar surface area (TPSA) is 32.3 Å². The van der Waals surface area contributed by atoms with Crippen LogP contribution in [-0.4, -0.2) is 29.9 Å². The Bertz CT molecular complexity index is 565. The van der Waals surface area contributed by atoms with Gasteiger partial charge in [0, 0.05) is 30.7 Å². The molecule has 3 nitrogen and oxygen atoms in total. The van der Waals surface area contributed by atoms with Gasteiger partial charge in [0.05, 0.1) is 0 Å². The predicted molar refractivity (Wildman–Crippen MR) is 88.6 cm³/mol. The maximum Gasteiger partial charge on any atom is 0.225 e. The molecule has 1 heterocycles. The van der Waals surface area contributed by atoms with Gasteiger partial charge in [-0.3, -0.25) is 4.79 Å². The molecule has 2 aliphatic carbocycles. The van der Waals surface area contributed by atoms with E-state index in [1.165, 1.54) is 31.4 Å². The van der Waals surface area contributed by atoms with Gasteiger partial charge in [-0.15, -0.1) is 0 Å². The minimum absolute atomic E-state index is 0.207. The van der Waals surface area contributed by atoms with E-state index in [1.54, 1.807) is 12.1 Å². The molecule has 3 atom stereocenters. The number of carbonyl (C=O) groups excluding carboxylic acids is 1. The van der Waals surface area contributed by atoms with Crippen molar-refractivity contribution in [3.8, 4) is 0 Å². The van der Waals surface area contributed by atoms with Crippen LogP contribution in [0.15, 0.2) is 24.3 Å². The number of fused-ring (bicyclic) bond motifs is 2. The lowest BCUT2D eigenvalue weighted by Crippen LogP contribution is -2.45. The quantitative estimate of drug-likeness (QED) is 0.923. The number of anilines is 1. The first-order valence-corrected chi connectivity index (χ1v) is 9.00. The lowest BCUT2D eigenvalue weighted by molar-refractivity contribution is -0.138. The number of piperidine rings is 1. The Morgan fingerprint density at radius 3 is 2.39 bits per heavy atom. The molecule has 1 amide bonds. The number of likely N-dealkylation sites (tertiary alicyclic amines) is 1. The number of halogens is 1. The van der Waals surface area contributed by atoms with Crippen molar-refractivity contribution >= 4 is 11.6 Å². The fraction of sp³-hybridized carbons (Fsp3) is 0.632. The van der Waals surface area contributed by atoms with Gasteiger partial charge in [0.15, 0.2) is 0 Å². The van der Waals surface area contributed by atoms with Gasteiger partial charge in [-0.2, -0.15) is 0 Å². The van der Waals surface area contributed by atoms with Crippen LogP contribution < -0.4 is 5.32 Å². The number of hydrogen-bond acceptors (Lipinski definition) is 2. The van der Waals surface area contributed by atoms with Gasteiger partial charge in [0.25, 0.3) is 0 Å². The molecule has 23 heavy (non-hydrogen) atoms. The van der Waals surface area contributed by atoms with Gasteiger partial charge in [0.2, 0.25) is 5.91 Å². The molecule has 2 bridgehead atoms. The maximum atomic E-state index is 12.9. The van der Waals surface area contributed by atoms with Crippen molar-refractivity contribution in [3.63, 3.8) is 0 Å². The molecule has 1 saturated heterocycles. The van der Waals surface area contributed by atoms with E-state index in [1.807, 2.05) is 0 Å². The van der Waals surface area contributed by atoms with E-state index in [2.05, 4.69) is 10.2 Å². The zero-order valence-electron chi connectivity index (χ0n) is 13.5. The maximum absolute atomic E-state index is 12.9. The smallest absolute Gasteiger partial charge is 0.225 e. The van der Waals surface area contributed by atoms with Crippen molar-refractivity contribution in [2.45, 2.75) is 44.6 Å². The van der Waals surface area contributed by atoms with Crippen molar-refractivity contribution in [1.82, 2.24) is 4.90 Å². The minimum Gasteiger partial charge on any atom is -0.382 e. The highest BCUT2D eigenvalue weighted by Gasteiger charge is 2.44. The molecule has 4 heteroatoms. The summed E-state index contributed by atoms with van der Waals surface area (Å²) in [7, 11) is 0. The fourth-order valence-electron chi connectivity index (χ4n) is 4.81. The number of nitrogens with zero attached hydrogens (tertiary/aromatic N) is 1.